The van der Waals surface area contributed by atoms with E-state index < -0.39 is 12.0 Å². The maximum Gasteiger partial charge on any atom is 0.348 e. The van der Waals surface area contributed by atoms with Crippen molar-refractivity contribution in [1.29, 1.82) is 0 Å². The molecular weight excluding hydrogens is 323 g/mol. The third-order valence-corrected chi connectivity index (χ3v) is 3.75. The third-order valence-electron chi connectivity index (χ3n) is 2.28. The predicted molar refractivity (Wildman–Crippen MR) is 80.4 cm³/mol. The van der Waals surface area contributed by atoms with Crippen LogP contribution in [0.3, 0.4) is 0 Å². The van der Waals surface area contributed by atoms with E-state index in [2.05, 4.69) is 10.6 Å². The molecule has 0 bridgehead atoms. The van der Waals surface area contributed by atoms with Gasteiger partial charge in [0.15, 0.2) is 0 Å². The number of amides is 2. The number of halogens is 2. The first-order valence-electron chi connectivity index (χ1n) is 5.31. The molecule has 0 aliphatic carbocycles. The second-order valence-electron chi connectivity index (χ2n) is 3.67. The van der Waals surface area contributed by atoms with Crippen LogP contribution >= 0.6 is 34.5 Å². The van der Waals surface area contributed by atoms with Gasteiger partial charge in [-0.2, -0.15) is 0 Å². The zero-order valence-electron chi connectivity index (χ0n) is 9.81. The molecule has 8 heteroatoms. The lowest BCUT2D eigenvalue weighted by molar-refractivity contribution is 0.0703. The minimum atomic E-state index is -1.10. The first kappa shape index (κ1) is 14.6. The summed E-state index contributed by atoms with van der Waals surface area (Å²) >= 11 is 12.7. The fraction of sp³-hybridized carbons (Fsp3) is 0. The zero-order chi connectivity index (χ0) is 14.7. The number of anilines is 2. The van der Waals surface area contributed by atoms with Crippen molar-refractivity contribution in [2.45, 2.75) is 0 Å². The van der Waals surface area contributed by atoms with Crippen LogP contribution in [0.15, 0.2) is 29.6 Å². The van der Waals surface area contributed by atoms with Crippen molar-refractivity contribution in [2.24, 2.45) is 0 Å². The van der Waals surface area contributed by atoms with Gasteiger partial charge in [-0.05, 0) is 29.6 Å². The fourth-order valence-electron chi connectivity index (χ4n) is 1.44. The molecule has 1 aromatic heterocycles. The molecule has 0 atom stereocenters. The second kappa shape index (κ2) is 6.13. The van der Waals surface area contributed by atoms with E-state index in [0.29, 0.717) is 15.7 Å². The second-order valence-corrected chi connectivity index (χ2v) is 5.43. The molecule has 3 N–H and O–H groups in total. The average Bonchev–Trinajstić information content (AvgIpc) is 2.82. The van der Waals surface area contributed by atoms with Gasteiger partial charge in [-0.1, -0.05) is 23.2 Å². The molecule has 0 aliphatic rings. The number of rotatable bonds is 3. The van der Waals surface area contributed by atoms with E-state index in [0.717, 1.165) is 11.3 Å². The van der Waals surface area contributed by atoms with Crippen LogP contribution in [-0.2, 0) is 0 Å². The van der Waals surface area contributed by atoms with Crippen molar-refractivity contribution in [3.63, 3.8) is 0 Å². The maximum atomic E-state index is 11.8. The van der Waals surface area contributed by atoms with Crippen molar-refractivity contribution >= 4 is 57.9 Å². The number of carboxylic acids is 1. The topological polar surface area (TPSA) is 78.4 Å². The Bertz CT molecular complexity index is 672. The highest BCUT2D eigenvalue weighted by Crippen LogP contribution is 2.26. The summed E-state index contributed by atoms with van der Waals surface area (Å²) in [5.74, 6) is -1.10. The average molecular weight is 331 g/mol. The van der Waals surface area contributed by atoms with Gasteiger partial charge in [0.25, 0.3) is 0 Å². The standard InChI is InChI=1S/C12H8Cl2N2O3S/c13-6-1-2-7(14)9(5-6)16-12(19)15-8-3-4-20-10(8)11(17)18/h1-5H,(H,17,18)(H2,15,16,19). The number of hydrogen-bond donors (Lipinski definition) is 3. The molecule has 104 valence electrons. The van der Waals surface area contributed by atoms with Crippen molar-refractivity contribution < 1.29 is 14.7 Å². The van der Waals surface area contributed by atoms with E-state index in [9.17, 15) is 9.59 Å². The maximum absolute atomic E-state index is 11.8. The molecular formula is C12H8Cl2N2O3S. The van der Waals surface area contributed by atoms with Gasteiger partial charge in [0.1, 0.15) is 4.88 Å². The van der Waals surface area contributed by atoms with Crippen molar-refractivity contribution in [3.05, 3.63) is 44.6 Å². The zero-order valence-corrected chi connectivity index (χ0v) is 12.1. The Kier molecular flexibility index (Phi) is 4.49. The van der Waals surface area contributed by atoms with Gasteiger partial charge in [0.2, 0.25) is 0 Å². The number of urea groups is 1. The Morgan fingerprint density at radius 3 is 2.50 bits per heavy atom. The van der Waals surface area contributed by atoms with Crippen LogP contribution in [0.4, 0.5) is 16.2 Å². The highest BCUT2D eigenvalue weighted by Gasteiger charge is 2.14. The van der Waals surface area contributed by atoms with E-state index in [1.54, 1.807) is 17.5 Å². The highest BCUT2D eigenvalue weighted by atomic mass is 35.5. The lowest BCUT2D eigenvalue weighted by Crippen LogP contribution is -2.20. The number of carbonyl (C=O) groups excluding carboxylic acids is 1. The number of nitrogens with one attached hydrogen (secondary N) is 2. The van der Waals surface area contributed by atoms with E-state index in [4.69, 9.17) is 28.3 Å². The number of benzene rings is 1. The van der Waals surface area contributed by atoms with Crippen molar-refractivity contribution in [2.75, 3.05) is 10.6 Å². The Morgan fingerprint density at radius 1 is 1.10 bits per heavy atom. The summed E-state index contributed by atoms with van der Waals surface area (Å²) in [5, 5.41) is 16.2. The molecule has 1 heterocycles. The third kappa shape index (κ3) is 3.41. The number of thiophene rings is 1. The van der Waals surface area contributed by atoms with E-state index in [-0.39, 0.29) is 10.6 Å². The number of carbonyl (C=O) groups is 2. The molecule has 2 aromatic rings. The minimum Gasteiger partial charge on any atom is -0.477 e. The Hall–Kier alpha value is -1.76. The van der Waals surface area contributed by atoms with Gasteiger partial charge in [-0.3, -0.25) is 0 Å². The molecule has 0 spiro atoms. The van der Waals surface area contributed by atoms with Crippen LogP contribution in [0.2, 0.25) is 10.0 Å². The van der Waals surface area contributed by atoms with Gasteiger partial charge in [-0.25, -0.2) is 9.59 Å². The molecule has 0 saturated heterocycles. The van der Waals surface area contributed by atoms with Crippen LogP contribution in [0.1, 0.15) is 9.67 Å². The van der Waals surface area contributed by atoms with Gasteiger partial charge >= 0.3 is 12.0 Å². The summed E-state index contributed by atoms with van der Waals surface area (Å²) in [5.41, 5.74) is 0.557. The largest absolute Gasteiger partial charge is 0.477 e. The van der Waals surface area contributed by atoms with Crippen molar-refractivity contribution in [1.82, 2.24) is 0 Å². The molecule has 5 nitrogen and oxygen atoms in total. The molecule has 2 rings (SSSR count). The van der Waals surface area contributed by atoms with Crippen LogP contribution in [-0.4, -0.2) is 17.1 Å². The number of hydrogen-bond acceptors (Lipinski definition) is 3. The van der Waals surface area contributed by atoms with Gasteiger partial charge in [0, 0.05) is 5.02 Å². The van der Waals surface area contributed by atoms with E-state index >= 15 is 0 Å². The lowest BCUT2D eigenvalue weighted by atomic mass is 10.3. The summed E-state index contributed by atoms with van der Waals surface area (Å²) in [6.07, 6.45) is 0. The Morgan fingerprint density at radius 2 is 1.80 bits per heavy atom. The minimum absolute atomic E-state index is 0.0531. The summed E-state index contributed by atoms with van der Waals surface area (Å²) in [4.78, 5) is 22.8. The normalized spacial score (nSPS) is 10.1. The number of aromatic carboxylic acids is 1. The first-order valence-corrected chi connectivity index (χ1v) is 6.95. The molecule has 0 unspecified atom stereocenters. The predicted octanol–water partition coefficient (Wildman–Crippen LogP) is 4.40. The first-order chi connectivity index (χ1) is 9.47. The highest BCUT2D eigenvalue weighted by molar-refractivity contribution is 7.12. The Labute approximate surface area is 128 Å². The quantitative estimate of drug-likeness (QED) is 0.780. The van der Waals surface area contributed by atoms with E-state index in [1.165, 1.54) is 12.1 Å². The Balaban J connectivity index is 2.11. The van der Waals surface area contributed by atoms with Crippen LogP contribution < -0.4 is 10.6 Å². The van der Waals surface area contributed by atoms with Gasteiger partial charge < -0.3 is 15.7 Å². The molecule has 0 radical (unpaired) electrons. The SMILES string of the molecule is O=C(Nc1cc(Cl)ccc1Cl)Nc1ccsc1C(=O)O. The molecule has 2 amide bonds. The van der Waals surface area contributed by atoms with E-state index in [1.807, 2.05) is 0 Å². The number of carboxylic acid groups (broad SMARTS) is 1. The fourth-order valence-corrected chi connectivity index (χ4v) is 2.47. The lowest BCUT2D eigenvalue weighted by Gasteiger charge is -2.09. The smallest absolute Gasteiger partial charge is 0.348 e. The molecule has 20 heavy (non-hydrogen) atoms. The monoisotopic (exact) mass is 330 g/mol. The van der Waals surface area contributed by atoms with Gasteiger partial charge in [-0.15, -0.1) is 11.3 Å². The van der Waals surface area contributed by atoms with Crippen LogP contribution in [0.5, 0.6) is 0 Å². The van der Waals surface area contributed by atoms with Crippen molar-refractivity contribution in [3.8, 4) is 0 Å². The summed E-state index contributed by atoms with van der Waals surface area (Å²) in [6.45, 7) is 0. The summed E-state index contributed by atoms with van der Waals surface area (Å²) in [6, 6.07) is 5.54. The molecule has 0 aliphatic heterocycles. The van der Waals surface area contributed by atoms with Gasteiger partial charge in [0.05, 0.1) is 16.4 Å². The molecule has 1 aromatic carbocycles. The van der Waals surface area contributed by atoms with Crippen LogP contribution in [0.25, 0.3) is 0 Å². The molecule has 0 fully saturated rings. The van der Waals surface area contributed by atoms with Crippen LogP contribution in [0, 0.1) is 0 Å². The summed E-state index contributed by atoms with van der Waals surface area (Å²) < 4.78 is 0. The summed E-state index contributed by atoms with van der Waals surface area (Å²) in [7, 11) is 0. The molecule has 0 saturated carbocycles.